The van der Waals surface area contributed by atoms with E-state index < -0.39 is 0 Å². The Morgan fingerprint density at radius 2 is 2.11 bits per heavy atom. The predicted molar refractivity (Wildman–Crippen MR) is 70.8 cm³/mol. The van der Waals surface area contributed by atoms with E-state index in [2.05, 4.69) is 15.1 Å². The van der Waals surface area contributed by atoms with Crippen molar-refractivity contribution >= 4 is 28.3 Å². The van der Waals surface area contributed by atoms with E-state index in [-0.39, 0.29) is 10.8 Å². The zero-order valence-corrected chi connectivity index (χ0v) is 10.3. The van der Waals surface area contributed by atoms with Gasteiger partial charge < -0.3 is 5.73 Å². The van der Waals surface area contributed by atoms with Crippen LogP contribution in [0.1, 0.15) is 5.56 Å². The van der Waals surface area contributed by atoms with Crippen LogP contribution in [0.2, 0.25) is 5.28 Å². The number of para-hydroxylation sites is 1. The Labute approximate surface area is 113 Å². The van der Waals surface area contributed by atoms with Gasteiger partial charge in [-0.3, -0.25) is 0 Å². The Morgan fingerprint density at radius 3 is 2.89 bits per heavy atom. The van der Waals surface area contributed by atoms with Crippen molar-refractivity contribution in [2.24, 2.45) is 0 Å². The van der Waals surface area contributed by atoms with Crippen molar-refractivity contribution in [1.82, 2.24) is 19.7 Å². The van der Waals surface area contributed by atoms with Crippen molar-refractivity contribution in [1.29, 1.82) is 5.26 Å². The number of nitrogen functional groups attached to an aromatic ring is 1. The summed E-state index contributed by atoms with van der Waals surface area (Å²) in [6.07, 6.45) is 1.36. The van der Waals surface area contributed by atoms with Crippen LogP contribution < -0.4 is 5.73 Å². The smallest absolute Gasteiger partial charge is 0.224 e. The molecule has 0 aliphatic heterocycles. The van der Waals surface area contributed by atoms with Gasteiger partial charge in [-0.15, -0.1) is 5.10 Å². The Morgan fingerprint density at radius 1 is 1.32 bits per heavy atom. The first kappa shape index (κ1) is 11.4. The molecule has 0 spiro atoms. The molecule has 0 bridgehead atoms. The Balaban J connectivity index is 2.37. The van der Waals surface area contributed by atoms with Gasteiger partial charge in [0.1, 0.15) is 11.6 Å². The molecule has 92 valence electrons. The molecule has 2 N–H and O–H groups in total. The number of hydrogen-bond acceptors (Lipinski definition) is 5. The summed E-state index contributed by atoms with van der Waals surface area (Å²) in [6, 6.07) is 9.42. The summed E-state index contributed by atoms with van der Waals surface area (Å²) >= 11 is 5.78. The lowest BCUT2D eigenvalue weighted by molar-refractivity contribution is 0.866. The number of benzene rings is 1. The highest BCUT2D eigenvalue weighted by Crippen LogP contribution is 2.24. The highest BCUT2D eigenvalue weighted by atomic mass is 35.5. The van der Waals surface area contributed by atoms with Crippen LogP contribution in [0.3, 0.4) is 0 Å². The van der Waals surface area contributed by atoms with Crippen molar-refractivity contribution in [3.8, 4) is 11.9 Å². The first-order chi connectivity index (χ1) is 9.20. The fraction of sp³-hybridized carbons (Fsp3) is 0. The highest BCUT2D eigenvalue weighted by molar-refractivity contribution is 6.28. The van der Waals surface area contributed by atoms with Gasteiger partial charge in [0.15, 0.2) is 11.6 Å². The highest BCUT2D eigenvalue weighted by Gasteiger charge is 2.14. The molecule has 19 heavy (non-hydrogen) atoms. The summed E-state index contributed by atoms with van der Waals surface area (Å²) in [7, 11) is 0. The maximum absolute atomic E-state index is 9.10. The Hall–Kier alpha value is -2.65. The average Bonchev–Trinajstić information content (AvgIpc) is 2.77. The van der Waals surface area contributed by atoms with Crippen molar-refractivity contribution in [2.45, 2.75) is 0 Å². The SMILES string of the molecule is N#Cc1cnc(Cl)nc1-n1nc(N)c2ccccc21. The van der Waals surface area contributed by atoms with Crippen LogP contribution in [0, 0.1) is 11.3 Å². The lowest BCUT2D eigenvalue weighted by Gasteiger charge is -2.04. The van der Waals surface area contributed by atoms with E-state index in [9.17, 15) is 0 Å². The number of nitrogens with zero attached hydrogens (tertiary/aromatic N) is 5. The third-order valence-electron chi connectivity index (χ3n) is 2.68. The van der Waals surface area contributed by atoms with E-state index in [0.29, 0.717) is 11.6 Å². The first-order valence-electron chi connectivity index (χ1n) is 5.37. The summed E-state index contributed by atoms with van der Waals surface area (Å²) in [5, 5.41) is 14.1. The van der Waals surface area contributed by atoms with Crippen LogP contribution in [0.25, 0.3) is 16.7 Å². The molecule has 0 unspecified atom stereocenters. The standard InChI is InChI=1S/C12H7ClN6/c13-12-16-6-7(5-14)11(17-12)19-9-4-2-1-3-8(9)10(15)18-19/h1-4,6H,(H2,15,18). The Kier molecular flexibility index (Phi) is 2.54. The average molecular weight is 271 g/mol. The van der Waals surface area contributed by atoms with E-state index in [0.717, 1.165) is 10.9 Å². The molecule has 0 aliphatic rings. The third-order valence-corrected chi connectivity index (χ3v) is 2.86. The summed E-state index contributed by atoms with van der Waals surface area (Å²) < 4.78 is 1.50. The molecule has 0 saturated heterocycles. The number of nitrogens with two attached hydrogens (primary N) is 1. The topological polar surface area (TPSA) is 93.4 Å². The maximum Gasteiger partial charge on any atom is 0.224 e. The van der Waals surface area contributed by atoms with Crippen molar-refractivity contribution in [2.75, 3.05) is 5.73 Å². The molecule has 1 aromatic carbocycles. The number of nitriles is 1. The molecule has 3 rings (SSSR count). The van der Waals surface area contributed by atoms with Gasteiger partial charge in [-0.25, -0.2) is 9.67 Å². The van der Waals surface area contributed by atoms with Crippen molar-refractivity contribution in [3.63, 3.8) is 0 Å². The molecule has 6 nitrogen and oxygen atoms in total. The number of aromatic nitrogens is 4. The molecule has 2 heterocycles. The number of fused-ring (bicyclic) bond motifs is 1. The van der Waals surface area contributed by atoms with Gasteiger partial charge in [0.05, 0.1) is 11.7 Å². The van der Waals surface area contributed by atoms with E-state index >= 15 is 0 Å². The van der Waals surface area contributed by atoms with Crippen LogP contribution in [-0.2, 0) is 0 Å². The fourth-order valence-corrected chi connectivity index (χ4v) is 1.97. The molecule has 2 aromatic heterocycles. The van der Waals surface area contributed by atoms with Crippen LogP contribution >= 0.6 is 11.6 Å². The summed E-state index contributed by atoms with van der Waals surface area (Å²) in [4.78, 5) is 7.84. The lowest BCUT2D eigenvalue weighted by Crippen LogP contribution is -2.04. The molecule has 7 heteroatoms. The largest absolute Gasteiger partial charge is 0.382 e. The quantitative estimate of drug-likeness (QED) is 0.682. The van der Waals surface area contributed by atoms with E-state index in [1.54, 1.807) is 0 Å². The molecule has 0 radical (unpaired) electrons. The minimum atomic E-state index is 0.0483. The van der Waals surface area contributed by atoms with E-state index in [1.165, 1.54) is 10.9 Å². The molecule has 0 amide bonds. The molecular weight excluding hydrogens is 264 g/mol. The molecule has 0 atom stereocenters. The minimum absolute atomic E-state index is 0.0483. The molecule has 0 saturated carbocycles. The second-order valence-electron chi connectivity index (χ2n) is 3.80. The van der Waals surface area contributed by atoms with Crippen molar-refractivity contribution in [3.05, 3.63) is 41.3 Å². The van der Waals surface area contributed by atoms with Gasteiger partial charge in [0, 0.05) is 5.39 Å². The first-order valence-corrected chi connectivity index (χ1v) is 5.75. The van der Waals surface area contributed by atoms with Gasteiger partial charge in [0.25, 0.3) is 0 Å². The second-order valence-corrected chi connectivity index (χ2v) is 4.14. The molecule has 3 aromatic rings. The second kappa shape index (κ2) is 4.23. The van der Waals surface area contributed by atoms with Crippen LogP contribution in [0.5, 0.6) is 0 Å². The Bertz CT molecular complexity index is 817. The normalized spacial score (nSPS) is 10.5. The number of halogens is 1. The van der Waals surface area contributed by atoms with E-state index in [1.807, 2.05) is 30.3 Å². The van der Waals surface area contributed by atoms with Gasteiger partial charge in [0.2, 0.25) is 5.28 Å². The number of hydrogen-bond donors (Lipinski definition) is 1. The van der Waals surface area contributed by atoms with Crippen LogP contribution in [-0.4, -0.2) is 19.7 Å². The number of rotatable bonds is 1. The zero-order valence-electron chi connectivity index (χ0n) is 9.58. The maximum atomic E-state index is 9.10. The molecule has 0 fully saturated rings. The van der Waals surface area contributed by atoms with E-state index in [4.69, 9.17) is 22.6 Å². The summed E-state index contributed by atoms with van der Waals surface area (Å²) in [5.41, 5.74) is 6.88. The fourth-order valence-electron chi connectivity index (χ4n) is 1.84. The lowest BCUT2D eigenvalue weighted by atomic mass is 10.2. The van der Waals surface area contributed by atoms with Gasteiger partial charge in [-0.05, 0) is 23.7 Å². The zero-order chi connectivity index (χ0) is 13.4. The number of anilines is 1. The monoisotopic (exact) mass is 270 g/mol. The summed E-state index contributed by atoms with van der Waals surface area (Å²) in [6.45, 7) is 0. The minimum Gasteiger partial charge on any atom is -0.382 e. The van der Waals surface area contributed by atoms with Gasteiger partial charge in [-0.2, -0.15) is 10.2 Å². The predicted octanol–water partition coefficient (Wildman–Crippen LogP) is 1.92. The van der Waals surface area contributed by atoms with Gasteiger partial charge >= 0.3 is 0 Å². The van der Waals surface area contributed by atoms with Gasteiger partial charge in [-0.1, -0.05) is 12.1 Å². The third kappa shape index (κ3) is 1.77. The van der Waals surface area contributed by atoms with Crippen LogP contribution in [0.15, 0.2) is 30.5 Å². The van der Waals surface area contributed by atoms with Crippen molar-refractivity contribution < 1.29 is 0 Å². The molecule has 0 aliphatic carbocycles. The summed E-state index contributed by atoms with van der Waals surface area (Å²) in [5.74, 6) is 0.685. The van der Waals surface area contributed by atoms with Crippen LogP contribution in [0.4, 0.5) is 5.82 Å². The molecular formula is C12H7ClN6.